The highest BCUT2D eigenvalue weighted by atomic mass is 16.6. The third-order valence-corrected chi connectivity index (χ3v) is 3.22. The molecule has 1 amide bonds. The highest BCUT2D eigenvalue weighted by Crippen LogP contribution is 2.21. The maximum Gasteiger partial charge on any atom is 0.346 e. The van der Waals surface area contributed by atoms with Gasteiger partial charge in [0.25, 0.3) is 5.91 Å². The van der Waals surface area contributed by atoms with Crippen LogP contribution in [-0.2, 0) is 4.74 Å². The lowest BCUT2D eigenvalue weighted by Crippen LogP contribution is -2.12. The molecule has 0 bridgehead atoms. The van der Waals surface area contributed by atoms with E-state index in [0.717, 1.165) is 5.56 Å². The molecule has 0 saturated carbocycles. The highest BCUT2D eigenvalue weighted by molar-refractivity contribution is 6.16. The van der Waals surface area contributed by atoms with E-state index in [-0.39, 0.29) is 17.0 Å². The van der Waals surface area contributed by atoms with E-state index in [1.807, 2.05) is 19.1 Å². The molecule has 2 aromatic rings. The Balaban J connectivity index is 1.86. The number of hydrogen-bond donors (Lipinski definition) is 1. The summed E-state index contributed by atoms with van der Waals surface area (Å²) < 4.78 is 4.49. The number of hydrogen-bond acceptors (Lipinski definition) is 4. The second-order valence-electron chi connectivity index (χ2n) is 4.76. The van der Waals surface area contributed by atoms with Crippen molar-refractivity contribution in [2.45, 2.75) is 6.92 Å². The van der Waals surface area contributed by atoms with E-state index in [9.17, 15) is 14.4 Å². The van der Waals surface area contributed by atoms with Crippen LogP contribution in [0.2, 0.25) is 0 Å². The summed E-state index contributed by atoms with van der Waals surface area (Å²) in [5, 5.41) is 2.73. The molecular formula is C16H11NO4. The summed E-state index contributed by atoms with van der Waals surface area (Å²) in [6.07, 6.45) is 0. The topological polar surface area (TPSA) is 72.5 Å². The van der Waals surface area contributed by atoms with Crippen LogP contribution in [0.5, 0.6) is 0 Å². The number of aryl methyl sites for hydroxylation is 1. The van der Waals surface area contributed by atoms with Gasteiger partial charge in [0.1, 0.15) is 0 Å². The Morgan fingerprint density at radius 2 is 1.62 bits per heavy atom. The van der Waals surface area contributed by atoms with E-state index in [4.69, 9.17) is 0 Å². The molecule has 5 nitrogen and oxygen atoms in total. The fourth-order valence-corrected chi connectivity index (χ4v) is 2.07. The Kier molecular flexibility index (Phi) is 3.02. The third-order valence-electron chi connectivity index (χ3n) is 3.22. The second kappa shape index (κ2) is 4.86. The molecule has 0 spiro atoms. The molecule has 0 fully saturated rings. The Hall–Kier alpha value is -2.95. The number of nitrogens with one attached hydrogen (secondary N) is 1. The van der Waals surface area contributed by atoms with Crippen LogP contribution in [0, 0.1) is 6.92 Å². The number of ether oxygens (including phenoxy) is 1. The van der Waals surface area contributed by atoms with E-state index in [0.29, 0.717) is 11.3 Å². The lowest BCUT2D eigenvalue weighted by atomic mass is 10.1. The van der Waals surface area contributed by atoms with Crippen molar-refractivity contribution in [1.82, 2.24) is 0 Å². The summed E-state index contributed by atoms with van der Waals surface area (Å²) >= 11 is 0. The summed E-state index contributed by atoms with van der Waals surface area (Å²) in [6.45, 7) is 1.95. The van der Waals surface area contributed by atoms with Crippen LogP contribution >= 0.6 is 0 Å². The van der Waals surface area contributed by atoms with E-state index in [2.05, 4.69) is 10.1 Å². The Bertz CT molecular complexity index is 762. The van der Waals surface area contributed by atoms with Crippen molar-refractivity contribution in [2.75, 3.05) is 5.32 Å². The van der Waals surface area contributed by atoms with Crippen LogP contribution in [-0.4, -0.2) is 17.8 Å². The van der Waals surface area contributed by atoms with Gasteiger partial charge < -0.3 is 10.1 Å². The first-order chi connectivity index (χ1) is 10.0. The molecule has 1 N–H and O–H groups in total. The number of cyclic esters (lactones) is 2. The second-order valence-corrected chi connectivity index (χ2v) is 4.76. The van der Waals surface area contributed by atoms with Crippen LogP contribution in [0.3, 0.4) is 0 Å². The van der Waals surface area contributed by atoms with Crippen LogP contribution in [0.25, 0.3) is 0 Å². The Morgan fingerprint density at radius 1 is 0.952 bits per heavy atom. The molecule has 104 valence electrons. The molecule has 0 aromatic heterocycles. The molecule has 0 saturated heterocycles. The minimum Gasteiger partial charge on any atom is -0.386 e. The van der Waals surface area contributed by atoms with Gasteiger partial charge in [0.15, 0.2) is 0 Å². The maximum atomic E-state index is 12.1. The molecule has 21 heavy (non-hydrogen) atoms. The number of esters is 2. The smallest absolute Gasteiger partial charge is 0.346 e. The van der Waals surface area contributed by atoms with Gasteiger partial charge in [-0.15, -0.1) is 0 Å². The molecule has 2 aromatic carbocycles. The van der Waals surface area contributed by atoms with Gasteiger partial charge >= 0.3 is 11.9 Å². The van der Waals surface area contributed by atoms with Crippen molar-refractivity contribution in [3.8, 4) is 0 Å². The molecule has 0 unspecified atom stereocenters. The standard InChI is InChI=1S/C16H11NO4/c1-9-2-5-11(6-3-9)17-14(18)10-4-7-12-13(8-10)16(20)21-15(12)19/h2-8H,1H3,(H,17,18). The number of amides is 1. The van der Waals surface area contributed by atoms with Gasteiger partial charge in [-0.2, -0.15) is 0 Å². The van der Waals surface area contributed by atoms with Crippen molar-refractivity contribution < 1.29 is 19.1 Å². The van der Waals surface area contributed by atoms with Crippen LogP contribution in [0.15, 0.2) is 42.5 Å². The average molecular weight is 281 g/mol. The molecule has 1 aliphatic heterocycles. The summed E-state index contributed by atoms with van der Waals surface area (Å²) in [6, 6.07) is 11.6. The fraction of sp³-hybridized carbons (Fsp3) is 0.0625. The van der Waals surface area contributed by atoms with Crippen molar-refractivity contribution in [1.29, 1.82) is 0 Å². The molecule has 0 atom stereocenters. The van der Waals surface area contributed by atoms with Gasteiger partial charge in [-0.1, -0.05) is 17.7 Å². The van der Waals surface area contributed by atoms with Crippen LogP contribution in [0.4, 0.5) is 5.69 Å². The van der Waals surface area contributed by atoms with Crippen molar-refractivity contribution in [2.24, 2.45) is 0 Å². The van der Waals surface area contributed by atoms with Crippen molar-refractivity contribution >= 4 is 23.5 Å². The van der Waals surface area contributed by atoms with Crippen molar-refractivity contribution in [3.63, 3.8) is 0 Å². The number of benzene rings is 2. The first-order valence-electron chi connectivity index (χ1n) is 6.33. The summed E-state index contributed by atoms with van der Waals surface area (Å²) in [5.74, 6) is -1.76. The fourth-order valence-electron chi connectivity index (χ4n) is 2.07. The zero-order valence-electron chi connectivity index (χ0n) is 11.2. The molecule has 1 aliphatic rings. The highest BCUT2D eigenvalue weighted by Gasteiger charge is 2.30. The zero-order valence-corrected chi connectivity index (χ0v) is 11.2. The number of fused-ring (bicyclic) bond motifs is 1. The van der Waals surface area contributed by atoms with Gasteiger partial charge in [-0.05, 0) is 37.3 Å². The van der Waals surface area contributed by atoms with E-state index < -0.39 is 11.9 Å². The molecule has 1 heterocycles. The largest absolute Gasteiger partial charge is 0.386 e. The minimum atomic E-state index is -0.722. The summed E-state index contributed by atoms with van der Waals surface area (Å²) in [7, 11) is 0. The first-order valence-corrected chi connectivity index (χ1v) is 6.33. The predicted molar refractivity (Wildman–Crippen MR) is 75.3 cm³/mol. The van der Waals surface area contributed by atoms with Gasteiger partial charge in [0, 0.05) is 11.3 Å². The molecule has 5 heteroatoms. The molecular weight excluding hydrogens is 270 g/mol. The number of anilines is 1. The quantitative estimate of drug-likeness (QED) is 0.678. The van der Waals surface area contributed by atoms with Crippen molar-refractivity contribution in [3.05, 3.63) is 64.7 Å². The van der Waals surface area contributed by atoms with Gasteiger partial charge in [0.2, 0.25) is 0 Å². The molecule has 0 aliphatic carbocycles. The number of carbonyl (C=O) groups excluding carboxylic acids is 3. The SMILES string of the molecule is Cc1ccc(NC(=O)c2ccc3c(c2)C(=O)OC3=O)cc1. The first kappa shape index (κ1) is 13.1. The average Bonchev–Trinajstić information content (AvgIpc) is 2.76. The lowest BCUT2D eigenvalue weighted by Gasteiger charge is -2.06. The van der Waals surface area contributed by atoms with E-state index in [1.165, 1.54) is 18.2 Å². The van der Waals surface area contributed by atoms with Crippen LogP contribution < -0.4 is 5.32 Å². The summed E-state index contributed by atoms with van der Waals surface area (Å²) in [5.41, 5.74) is 2.35. The molecule has 0 radical (unpaired) electrons. The minimum absolute atomic E-state index is 0.122. The van der Waals surface area contributed by atoms with Gasteiger partial charge in [-0.3, -0.25) is 4.79 Å². The van der Waals surface area contributed by atoms with Gasteiger partial charge in [-0.25, -0.2) is 9.59 Å². The Morgan fingerprint density at radius 3 is 2.33 bits per heavy atom. The lowest BCUT2D eigenvalue weighted by molar-refractivity contribution is 0.0443. The third kappa shape index (κ3) is 2.41. The maximum absolute atomic E-state index is 12.1. The monoisotopic (exact) mass is 281 g/mol. The summed E-state index contributed by atoms with van der Waals surface area (Å²) in [4.78, 5) is 34.9. The van der Waals surface area contributed by atoms with E-state index >= 15 is 0 Å². The normalized spacial score (nSPS) is 12.8. The zero-order chi connectivity index (χ0) is 15.0. The van der Waals surface area contributed by atoms with E-state index in [1.54, 1.807) is 12.1 Å². The number of carbonyl (C=O) groups is 3. The Labute approximate surface area is 120 Å². The molecule has 3 rings (SSSR count). The number of rotatable bonds is 2. The van der Waals surface area contributed by atoms with Crippen LogP contribution in [0.1, 0.15) is 36.6 Å². The predicted octanol–water partition coefficient (Wildman–Crippen LogP) is 2.56. The van der Waals surface area contributed by atoms with Gasteiger partial charge in [0.05, 0.1) is 11.1 Å².